The highest BCUT2D eigenvalue weighted by Crippen LogP contribution is 2.29. The van der Waals surface area contributed by atoms with E-state index >= 15 is 0 Å². The molecule has 1 fully saturated rings. The summed E-state index contributed by atoms with van der Waals surface area (Å²) in [6.45, 7) is 4.67. The van der Waals surface area contributed by atoms with Crippen molar-refractivity contribution in [3.05, 3.63) is 36.2 Å². The summed E-state index contributed by atoms with van der Waals surface area (Å²) in [5.41, 5.74) is 1.98. The number of imide groups is 1. The van der Waals surface area contributed by atoms with E-state index in [0.29, 0.717) is 18.9 Å². The predicted molar refractivity (Wildman–Crippen MR) is 81.3 cm³/mol. The summed E-state index contributed by atoms with van der Waals surface area (Å²) < 4.78 is 0. The number of benzene rings is 1. The van der Waals surface area contributed by atoms with Crippen molar-refractivity contribution in [2.24, 2.45) is 0 Å². The van der Waals surface area contributed by atoms with Crippen molar-refractivity contribution < 1.29 is 9.59 Å². The second-order valence-corrected chi connectivity index (χ2v) is 5.55. The number of carbonyl (C=O) groups is 2. The highest BCUT2D eigenvalue weighted by Gasteiger charge is 2.25. The van der Waals surface area contributed by atoms with Gasteiger partial charge in [-0.3, -0.25) is 20.0 Å². The lowest BCUT2D eigenvalue weighted by molar-refractivity contribution is -0.120. The molecule has 2 heterocycles. The van der Waals surface area contributed by atoms with Gasteiger partial charge in [-0.25, -0.2) is 4.79 Å². The topological polar surface area (TPSA) is 62.3 Å². The summed E-state index contributed by atoms with van der Waals surface area (Å²) >= 11 is 0. The molecular weight excluding hydrogens is 266 g/mol. The first-order valence-corrected chi connectivity index (χ1v) is 7.05. The molecule has 1 saturated heterocycles. The molecule has 0 aliphatic carbocycles. The van der Waals surface area contributed by atoms with Crippen molar-refractivity contribution in [2.45, 2.75) is 26.2 Å². The van der Waals surface area contributed by atoms with Gasteiger partial charge in [-0.05, 0) is 17.5 Å². The van der Waals surface area contributed by atoms with E-state index in [1.54, 1.807) is 17.3 Å². The number of rotatable bonds is 2. The Labute approximate surface area is 123 Å². The number of urea groups is 1. The lowest BCUT2D eigenvalue weighted by Gasteiger charge is -2.27. The van der Waals surface area contributed by atoms with Crippen LogP contribution < -0.4 is 10.2 Å². The van der Waals surface area contributed by atoms with E-state index in [1.165, 1.54) is 5.56 Å². The number of fused-ring (bicyclic) bond motifs is 1. The molecule has 0 spiro atoms. The van der Waals surface area contributed by atoms with E-state index in [9.17, 15) is 9.59 Å². The zero-order chi connectivity index (χ0) is 15.0. The van der Waals surface area contributed by atoms with E-state index in [0.717, 1.165) is 16.5 Å². The number of amides is 3. The number of nitrogens with zero attached hydrogens (tertiary/aromatic N) is 2. The van der Waals surface area contributed by atoms with Crippen molar-refractivity contribution in [3.8, 4) is 0 Å². The summed E-state index contributed by atoms with van der Waals surface area (Å²) in [5, 5.41) is 4.32. The number of carbonyl (C=O) groups excluding carboxylic acids is 2. The Morgan fingerprint density at radius 1 is 1.24 bits per heavy atom. The molecule has 1 aliphatic heterocycles. The molecule has 1 aromatic carbocycles. The van der Waals surface area contributed by atoms with Crippen LogP contribution >= 0.6 is 0 Å². The Hall–Kier alpha value is -2.43. The molecule has 21 heavy (non-hydrogen) atoms. The van der Waals surface area contributed by atoms with Crippen LogP contribution in [0, 0.1) is 0 Å². The van der Waals surface area contributed by atoms with Crippen molar-refractivity contribution in [1.29, 1.82) is 0 Å². The maximum absolute atomic E-state index is 12.0. The van der Waals surface area contributed by atoms with Gasteiger partial charge in [0.2, 0.25) is 5.91 Å². The SMILES string of the molecule is CC(C)c1ccc2c(N3CCC(=O)NC3=O)cncc2c1. The Morgan fingerprint density at radius 2 is 2.05 bits per heavy atom. The van der Waals surface area contributed by atoms with Gasteiger partial charge >= 0.3 is 6.03 Å². The third kappa shape index (κ3) is 2.46. The van der Waals surface area contributed by atoms with E-state index in [1.807, 2.05) is 6.07 Å². The van der Waals surface area contributed by atoms with Gasteiger partial charge in [0.1, 0.15) is 0 Å². The van der Waals surface area contributed by atoms with Gasteiger partial charge in [0.05, 0.1) is 11.9 Å². The molecule has 3 rings (SSSR count). The van der Waals surface area contributed by atoms with Crippen LogP contribution in [-0.4, -0.2) is 23.5 Å². The van der Waals surface area contributed by atoms with Gasteiger partial charge < -0.3 is 0 Å². The Kier molecular flexibility index (Phi) is 3.33. The smallest absolute Gasteiger partial charge is 0.291 e. The van der Waals surface area contributed by atoms with Crippen molar-refractivity contribution in [2.75, 3.05) is 11.4 Å². The van der Waals surface area contributed by atoms with Crippen LogP contribution in [0.25, 0.3) is 10.8 Å². The fourth-order valence-electron chi connectivity index (χ4n) is 2.55. The van der Waals surface area contributed by atoms with Crippen LogP contribution in [0.4, 0.5) is 10.5 Å². The van der Waals surface area contributed by atoms with Gasteiger partial charge in [-0.15, -0.1) is 0 Å². The molecule has 2 aromatic rings. The van der Waals surface area contributed by atoms with E-state index in [2.05, 4.69) is 36.3 Å². The van der Waals surface area contributed by atoms with Crippen LogP contribution in [-0.2, 0) is 4.79 Å². The first-order chi connectivity index (χ1) is 10.1. The van der Waals surface area contributed by atoms with Gasteiger partial charge in [0, 0.05) is 29.9 Å². The predicted octanol–water partition coefficient (Wildman–Crippen LogP) is 2.80. The third-order valence-electron chi connectivity index (χ3n) is 3.77. The summed E-state index contributed by atoms with van der Waals surface area (Å²) in [6.07, 6.45) is 3.79. The zero-order valence-corrected chi connectivity index (χ0v) is 12.1. The Bertz CT molecular complexity index is 725. The van der Waals surface area contributed by atoms with E-state index in [4.69, 9.17) is 0 Å². The number of pyridine rings is 1. The van der Waals surface area contributed by atoms with Gasteiger partial charge in [0.15, 0.2) is 0 Å². The number of hydrogen-bond acceptors (Lipinski definition) is 3. The standard InChI is InChI=1S/C16H17N3O2/c1-10(2)11-3-4-13-12(7-11)8-17-9-14(13)19-6-5-15(20)18-16(19)21/h3-4,7-10H,5-6H2,1-2H3,(H,18,20,21). The largest absolute Gasteiger partial charge is 0.328 e. The molecule has 3 amide bonds. The quantitative estimate of drug-likeness (QED) is 0.921. The monoisotopic (exact) mass is 283 g/mol. The Balaban J connectivity index is 2.07. The second-order valence-electron chi connectivity index (χ2n) is 5.55. The number of nitrogens with one attached hydrogen (secondary N) is 1. The first kappa shape index (κ1) is 13.5. The summed E-state index contributed by atoms with van der Waals surface area (Å²) in [4.78, 5) is 29.1. The minimum atomic E-state index is -0.381. The third-order valence-corrected chi connectivity index (χ3v) is 3.77. The van der Waals surface area contributed by atoms with Crippen LogP contribution in [0.5, 0.6) is 0 Å². The molecule has 5 heteroatoms. The second kappa shape index (κ2) is 5.16. The summed E-state index contributed by atoms with van der Waals surface area (Å²) in [5.74, 6) is 0.209. The number of anilines is 1. The van der Waals surface area contributed by atoms with Gasteiger partial charge in [-0.2, -0.15) is 0 Å². The van der Waals surface area contributed by atoms with Crippen LogP contribution in [0.15, 0.2) is 30.6 Å². The molecule has 108 valence electrons. The molecular formula is C16H17N3O2. The van der Waals surface area contributed by atoms with Gasteiger partial charge in [-0.1, -0.05) is 26.0 Å². The summed E-state index contributed by atoms with van der Waals surface area (Å²) in [6, 6.07) is 5.81. The average molecular weight is 283 g/mol. The molecule has 5 nitrogen and oxygen atoms in total. The minimum absolute atomic E-state index is 0.230. The van der Waals surface area contributed by atoms with Crippen molar-refractivity contribution >= 4 is 28.4 Å². The maximum Gasteiger partial charge on any atom is 0.328 e. The summed E-state index contributed by atoms with van der Waals surface area (Å²) in [7, 11) is 0. The van der Waals surface area contributed by atoms with Crippen molar-refractivity contribution in [3.63, 3.8) is 0 Å². The van der Waals surface area contributed by atoms with E-state index in [-0.39, 0.29) is 11.9 Å². The average Bonchev–Trinajstić information content (AvgIpc) is 2.46. The van der Waals surface area contributed by atoms with E-state index < -0.39 is 0 Å². The molecule has 0 unspecified atom stereocenters. The Morgan fingerprint density at radius 3 is 2.76 bits per heavy atom. The number of aromatic nitrogens is 1. The maximum atomic E-state index is 12.0. The molecule has 0 bridgehead atoms. The lowest BCUT2D eigenvalue weighted by Crippen LogP contribution is -2.49. The lowest BCUT2D eigenvalue weighted by atomic mass is 9.99. The van der Waals surface area contributed by atoms with Crippen LogP contribution in [0.3, 0.4) is 0 Å². The zero-order valence-electron chi connectivity index (χ0n) is 12.1. The fraction of sp³-hybridized carbons (Fsp3) is 0.312. The van der Waals surface area contributed by atoms with Crippen LogP contribution in [0.1, 0.15) is 31.7 Å². The molecule has 0 saturated carbocycles. The molecule has 1 aromatic heterocycles. The normalized spacial score (nSPS) is 15.7. The first-order valence-electron chi connectivity index (χ1n) is 7.05. The fourth-order valence-corrected chi connectivity index (χ4v) is 2.55. The molecule has 0 radical (unpaired) electrons. The highest BCUT2D eigenvalue weighted by atomic mass is 16.2. The van der Waals surface area contributed by atoms with Crippen LogP contribution in [0.2, 0.25) is 0 Å². The highest BCUT2D eigenvalue weighted by molar-refractivity contribution is 6.09. The molecule has 1 aliphatic rings. The minimum Gasteiger partial charge on any atom is -0.291 e. The number of hydrogen-bond donors (Lipinski definition) is 1. The van der Waals surface area contributed by atoms with Gasteiger partial charge in [0.25, 0.3) is 0 Å². The molecule has 0 atom stereocenters. The van der Waals surface area contributed by atoms with Crippen molar-refractivity contribution in [1.82, 2.24) is 10.3 Å². The molecule has 1 N–H and O–H groups in total.